The lowest BCUT2D eigenvalue weighted by Crippen LogP contribution is -2.58. The number of hydrogen-bond acceptors (Lipinski definition) is 2. The molecule has 0 saturated heterocycles. The second-order valence-corrected chi connectivity index (χ2v) is 6.06. The minimum absolute atomic E-state index is 0.227. The van der Waals surface area contributed by atoms with E-state index in [2.05, 4.69) is 19.2 Å². The molecule has 104 valence electrons. The zero-order valence-electron chi connectivity index (χ0n) is 12.1. The van der Waals surface area contributed by atoms with Crippen molar-refractivity contribution in [2.75, 3.05) is 5.32 Å². The van der Waals surface area contributed by atoms with Crippen LogP contribution in [0.5, 0.6) is 0 Å². The van der Waals surface area contributed by atoms with Gasteiger partial charge in [-0.2, -0.15) is 0 Å². The smallest absolute Gasteiger partial charge is 0.243 e. The van der Waals surface area contributed by atoms with Crippen LogP contribution in [0.1, 0.15) is 38.7 Å². The highest BCUT2D eigenvalue weighted by Gasteiger charge is 2.45. The van der Waals surface area contributed by atoms with Crippen molar-refractivity contribution in [2.24, 2.45) is 17.6 Å². The van der Waals surface area contributed by atoms with Crippen LogP contribution in [0.25, 0.3) is 0 Å². The molecule has 0 heterocycles. The zero-order valence-corrected chi connectivity index (χ0v) is 12.1. The monoisotopic (exact) mass is 260 g/mol. The van der Waals surface area contributed by atoms with Crippen LogP contribution in [0.15, 0.2) is 24.3 Å². The van der Waals surface area contributed by atoms with Gasteiger partial charge < -0.3 is 11.1 Å². The number of aryl methyl sites for hydroxylation is 1. The summed E-state index contributed by atoms with van der Waals surface area (Å²) in [6.07, 6.45) is 3.03. The molecule has 1 aliphatic rings. The SMILES string of the molecule is Cc1ccccc1NC1(C(N)=O)CC(C)CCC1C. The number of nitrogens with two attached hydrogens (primary N) is 1. The maximum absolute atomic E-state index is 12.1. The van der Waals surface area contributed by atoms with Gasteiger partial charge in [0.05, 0.1) is 0 Å². The second-order valence-electron chi connectivity index (χ2n) is 6.06. The van der Waals surface area contributed by atoms with Gasteiger partial charge in [-0.05, 0) is 43.2 Å². The summed E-state index contributed by atoms with van der Waals surface area (Å²) in [7, 11) is 0. The second kappa shape index (κ2) is 5.24. The maximum atomic E-state index is 12.1. The third kappa shape index (κ3) is 2.60. The van der Waals surface area contributed by atoms with E-state index in [-0.39, 0.29) is 11.8 Å². The molecule has 3 heteroatoms. The van der Waals surface area contributed by atoms with Gasteiger partial charge in [0.1, 0.15) is 5.54 Å². The molecule has 0 aliphatic heterocycles. The van der Waals surface area contributed by atoms with Gasteiger partial charge in [0.15, 0.2) is 0 Å². The molecule has 1 aromatic rings. The van der Waals surface area contributed by atoms with Crippen LogP contribution in [-0.2, 0) is 4.79 Å². The van der Waals surface area contributed by atoms with E-state index in [1.807, 2.05) is 31.2 Å². The van der Waals surface area contributed by atoms with Gasteiger partial charge in [0, 0.05) is 5.69 Å². The highest BCUT2D eigenvalue weighted by atomic mass is 16.1. The van der Waals surface area contributed by atoms with Gasteiger partial charge in [-0.25, -0.2) is 0 Å². The number of carbonyl (C=O) groups is 1. The Kier molecular flexibility index (Phi) is 3.83. The lowest BCUT2D eigenvalue weighted by atomic mass is 9.69. The van der Waals surface area contributed by atoms with Crippen molar-refractivity contribution < 1.29 is 4.79 Å². The summed E-state index contributed by atoms with van der Waals surface area (Å²) in [4.78, 5) is 12.1. The predicted molar refractivity (Wildman–Crippen MR) is 78.9 cm³/mol. The molecule has 3 atom stereocenters. The van der Waals surface area contributed by atoms with Crippen molar-refractivity contribution in [1.29, 1.82) is 0 Å². The summed E-state index contributed by atoms with van der Waals surface area (Å²) in [6.45, 7) is 6.37. The molecule has 1 amide bonds. The summed E-state index contributed by atoms with van der Waals surface area (Å²) in [6, 6.07) is 8.06. The summed E-state index contributed by atoms with van der Waals surface area (Å²) >= 11 is 0. The van der Waals surface area contributed by atoms with Gasteiger partial charge in [-0.3, -0.25) is 4.79 Å². The van der Waals surface area contributed by atoms with Crippen molar-refractivity contribution in [3.05, 3.63) is 29.8 Å². The topological polar surface area (TPSA) is 55.1 Å². The number of primary amides is 1. The first kappa shape index (κ1) is 13.9. The molecule has 3 unspecified atom stereocenters. The van der Waals surface area contributed by atoms with Gasteiger partial charge >= 0.3 is 0 Å². The number of amides is 1. The number of para-hydroxylation sites is 1. The van der Waals surface area contributed by atoms with Crippen LogP contribution in [0.4, 0.5) is 5.69 Å². The summed E-state index contributed by atoms with van der Waals surface area (Å²) in [5.41, 5.74) is 7.31. The Morgan fingerprint density at radius 3 is 2.63 bits per heavy atom. The number of anilines is 1. The lowest BCUT2D eigenvalue weighted by Gasteiger charge is -2.44. The van der Waals surface area contributed by atoms with E-state index >= 15 is 0 Å². The van der Waals surface area contributed by atoms with Crippen LogP contribution in [-0.4, -0.2) is 11.4 Å². The van der Waals surface area contributed by atoms with Crippen LogP contribution in [0.2, 0.25) is 0 Å². The van der Waals surface area contributed by atoms with Gasteiger partial charge in [0.2, 0.25) is 5.91 Å². The molecule has 0 aromatic heterocycles. The Bertz CT molecular complexity index is 472. The van der Waals surface area contributed by atoms with Gasteiger partial charge in [0.25, 0.3) is 0 Å². The first-order valence-corrected chi connectivity index (χ1v) is 7.09. The molecular weight excluding hydrogens is 236 g/mol. The van der Waals surface area contributed by atoms with Crippen LogP contribution < -0.4 is 11.1 Å². The average Bonchev–Trinajstić information content (AvgIpc) is 2.36. The quantitative estimate of drug-likeness (QED) is 0.877. The van der Waals surface area contributed by atoms with Gasteiger partial charge in [-0.15, -0.1) is 0 Å². The van der Waals surface area contributed by atoms with Crippen molar-refractivity contribution in [1.82, 2.24) is 0 Å². The molecule has 0 bridgehead atoms. The van der Waals surface area contributed by atoms with Crippen LogP contribution >= 0.6 is 0 Å². The summed E-state index contributed by atoms with van der Waals surface area (Å²) in [5.74, 6) is 0.566. The normalized spacial score (nSPS) is 30.9. The number of rotatable bonds is 3. The number of nitrogens with one attached hydrogen (secondary N) is 1. The fraction of sp³-hybridized carbons (Fsp3) is 0.562. The predicted octanol–water partition coefficient (Wildman–Crippen LogP) is 3.09. The highest BCUT2D eigenvalue weighted by molar-refractivity contribution is 5.88. The van der Waals surface area contributed by atoms with Gasteiger partial charge in [-0.1, -0.05) is 38.5 Å². The van der Waals surface area contributed by atoms with Crippen molar-refractivity contribution in [2.45, 2.75) is 45.6 Å². The summed E-state index contributed by atoms with van der Waals surface area (Å²) in [5, 5.41) is 3.47. The molecule has 2 rings (SSSR count). The number of carbonyl (C=O) groups excluding carboxylic acids is 1. The molecule has 3 N–H and O–H groups in total. The fourth-order valence-electron chi connectivity index (χ4n) is 3.17. The standard InChI is InChI=1S/C16H24N2O/c1-11-8-9-13(3)16(10-11,15(17)19)18-14-7-5-4-6-12(14)2/h4-7,11,13,18H,8-10H2,1-3H3,(H2,17,19). The van der Waals surface area contributed by atoms with E-state index in [9.17, 15) is 4.79 Å². The minimum Gasteiger partial charge on any atom is -0.371 e. The minimum atomic E-state index is -0.607. The Labute approximate surface area is 115 Å². The van der Waals surface area contributed by atoms with Crippen LogP contribution in [0, 0.1) is 18.8 Å². The molecular formula is C16H24N2O. The largest absolute Gasteiger partial charge is 0.371 e. The Hall–Kier alpha value is -1.51. The van der Waals surface area contributed by atoms with Crippen molar-refractivity contribution in [3.63, 3.8) is 0 Å². The third-order valence-electron chi connectivity index (χ3n) is 4.55. The molecule has 1 aliphatic carbocycles. The third-order valence-corrected chi connectivity index (χ3v) is 4.55. The average molecular weight is 260 g/mol. The number of hydrogen-bond donors (Lipinski definition) is 2. The Balaban J connectivity index is 2.35. The van der Waals surface area contributed by atoms with Crippen molar-refractivity contribution in [3.8, 4) is 0 Å². The van der Waals surface area contributed by atoms with E-state index in [1.165, 1.54) is 6.42 Å². The molecule has 3 nitrogen and oxygen atoms in total. The highest BCUT2D eigenvalue weighted by Crippen LogP contribution is 2.39. The molecule has 1 aromatic carbocycles. The van der Waals surface area contributed by atoms with E-state index in [1.54, 1.807) is 0 Å². The van der Waals surface area contributed by atoms with E-state index in [0.717, 1.165) is 24.1 Å². The van der Waals surface area contributed by atoms with E-state index < -0.39 is 5.54 Å². The van der Waals surface area contributed by atoms with Crippen molar-refractivity contribution >= 4 is 11.6 Å². The Morgan fingerprint density at radius 1 is 1.32 bits per heavy atom. The molecule has 1 fully saturated rings. The molecule has 0 spiro atoms. The maximum Gasteiger partial charge on any atom is 0.243 e. The summed E-state index contributed by atoms with van der Waals surface area (Å²) < 4.78 is 0. The van der Waals surface area contributed by atoms with E-state index in [0.29, 0.717) is 5.92 Å². The van der Waals surface area contributed by atoms with Crippen LogP contribution in [0.3, 0.4) is 0 Å². The first-order chi connectivity index (χ1) is 8.95. The van der Waals surface area contributed by atoms with E-state index in [4.69, 9.17) is 5.73 Å². The lowest BCUT2D eigenvalue weighted by molar-refractivity contribution is -0.125. The zero-order chi connectivity index (χ0) is 14.0. The molecule has 1 saturated carbocycles. The number of benzene rings is 1. The molecule has 0 radical (unpaired) electrons. The fourth-order valence-corrected chi connectivity index (χ4v) is 3.17. The Morgan fingerprint density at radius 2 is 2.00 bits per heavy atom. The molecule has 19 heavy (non-hydrogen) atoms. The first-order valence-electron chi connectivity index (χ1n) is 7.09.